The van der Waals surface area contributed by atoms with Crippen molar-refractivity contribution in [3.8, 4) is 0 Å². The summed E-state index contributed by atoms with van der Waals surface area (Å²) < 4.78 is 0. The topological polar surface area (TPSA) is 74.2 Å². The second-order valence-electron chi connectivity index (χ2n) is 8.08. The summed E-state index contributed by atoms with van der Waals surface area (Å²) in [7, 11) is 2.05. The lowest BCUT2D eigenvalue weighted by Gasteiger charge is -2.35. The summed E-state index contributed by atoms with van der Waals surface area (Å²) in [6.45, 7) is 2.99. The molecule has 1 saturated heterocycles. The van der Waals surface area contributed by atoms with Gasteiger partial charge in [-0.25, -0.2) is 0 Å². The molecular formula is C24H28N4O3. The number of rotatable bonds is 6. The normalized spacial score (nSPS) is 20.0. The van der Waals surface area contributed by atoms with Crippen molar-refractivity contribution in [2.75, 3.05) is 33.2 Å². The number of piperazine rings is 1. The van der Waals surface area contributed by atoms with E-state index >= 15 is 0 Å². The van der Waals surface area contributed by atoms with Crippen LogP contribution in [0.2, 0.25) is 0 Å². The Kier molecular flexibility index (Phi) is 6.62. The predicted molar refractivity (Wildman–Crippen MR) is 119 cm³/mol. The summed E-state index contributed by atoms with van der Waals surface area (Å²) >= 11 is 0. The molecule has 0 saturated carbocycles. The van der Waals surface area contributed by atoms with E-state index in [0.29, 0.717) is 25.9 Å². The summed E-state index contributed by atoms with van der Waals surface area (Å²) in [6, 6.07) is 18.8. The maximum atomic E-state index is 13.3. The van der Waals surface area contributed by atoms with Crippen LogP contribution in [-0.4, -0.2) is 72.7 Å². The summed E-state index contributed by atoms with van der Waals surface area (Å²) in [4.78, 5) is 35.7. The number of hydrogen-bond acceptors (Lipinski definition) is 5. The third-order valence-electron chi connectivity index (χ3n) is 5.78. The fourth-order valence-electron chi connectivity index (χ4n) is 3.88. The van der Waals surface area contributed by atoms with E-state index in [1.165, 1.54) is 0 Å². The van der Waals surface area contributed by atoms with Crippen molar-refractivity contribution in [1.29, 1.82) is 0 Å². The molecule has 162 valence electrons. The molecule has 2 aliphatic rings. The molecule has 1 N–H and O–H groups in total. The first-order valence-corrected chi connectivity index (χ1v) is 10.7. The van der Waals surface area contributed by atoms with Crippen molar-refractivity contribution in [2.45, 2.75) is 25.0 Å². The number of likely N-dealkylation sites (N-methyl/N-ethyl adjacent to an activating group) is 1. The summed E-state index contributed by atoms with van der Waals surface area (Å²) in [5, 5.41) is 7.04. The van der Waals surface area contributed by atoms with Gasteiger partial charge in [0.05, 0.1) is 5.71 Å². The second kappa shape index (κ2) is 9.75. The Labute approximate surface area is 182 Å². The van der Waals surface area contributed by atoms with Crippen molar-refractivity contribution >= 4 is 17.5 Å². The largest absolute Gasteiger partial charge is 0.382 e. The van der Waals surface area contributed by atoms with Crippen LogP contribution in [-0.2, 0) is 20.8 Å². The van der Waals surface area contributed by atoms with Crippen LogP contribution in [0.4, 0.5) is 0 Å². The molecule has 2 aromatic carbocycles. The zero-order chi connectivity index (χ0) is 21.6. The van der Waals surface area contributed by atoms with E-state index in [0.717, 1.165) is 29.9 Å². The van der Waals surface area contributed by atoms with Gasteiger partial charge in [0.25, 0.3) is 5.91 Å². The summed E-state index contributed by atoms with van der Waals surface area (Å²) in [5.74, 6) is -0.356. The fraction of sp³-hybridized carbons (Fsp3) is 0.375. The lowest BCUT2D eigenvalue weighted by atomic mass is 10.0. The highest BCUT2D eigenvalue weighted by molar-refractivity contribution is 6.04. The number of carbonyl (C=O) groups excluding carboxylic acids is 2. The van der Waals surface area contributed by atoms with Crippen LogP contribution in [0.15, 0.2) is 65.8 Å². The van der Waals surface area contributed by atoms with Crippen molar-refractivity contribution < 1.29 is 14.4 Å². The Morgan fingerprint density at radius 1 is 1.03 bits per heavy atom. The van der Waals surface area contributed by atoms with E-state index in [1.807, 2.05) is 72.6 Å². The average molecular weight is 421 g/mol. The molecule has 0 spiro atoms. The van der Waals surface area contributed by atoms with Crippen LogP contribution in [0, 0.1) is 0 Å². The van der Waals surface area contributed by atoms with Crippen LogP contribution in [0.3, 0.4) is 0 Å². The number of hydrogen-bond donors (Lipinski definition) is 1. The molecule has 0 aromatic heterocycles. The molecule has 0 radical (unpaired) electrons. The first-order chi connectivity index (χ1) is 15.1. The molecule has 7 heteroatoms. The van der Waals surface area contributed by atoms with Gasteiger partial charge in [0.15, 0.2) is 0 Å². The summed E-state index contributed by atoms with van der Waals surface area (Å²) in [5.41, 5.74) is 2.68. The van der Waals surface area contributed by atoms with Crippen LogP contribution in [0.5, 0.6) is 0 Å². The third-order valence-corrected chi connectivity index (χ3v) is 5.78. The van der Waals surface area contributed by atoms with Gasteiger partial charge in [-0.05, 0) is 18.2 Å². The lowest BCUT2D eigenvalue weighted by molar-refractivity contribution is -0.140. The zero-order valence-corrected chi connectivity index (χ0v) is 17.7. The Bertz CT molecular complexity index is 924. The Morgan fingerprint density at radius 3 is 2.35 bits per heavy atom. The van der Waals surface area contributed by atoms with Crippen LogP contribution < -0.4 is 5.32 Å². The van der Waals surface area contributed by atoms with Gasteiger partial charge in [-0.15, -0.1) is 0 Å². The number of oxime groups is 1. The first kappa shape index (κ1) is 21.1. The molecule has 31 heavy (non-hydrogen) atoms. The monoisotopic (exact) mass is 420 g/mol. The molecule has 2 amide bonds. The molecule has 0 unspecified atom stereocenters. The highest BCUT2D eigenvalue weighted by Gasteiger charge is 2.34. The van der Waals surface area contributed by atoms with Crippen LogP contribution in [0.25, 0.3) is 0 Å². The second-order valence-corrected chi connectivity index (χ2v) is 8.08. The van der Waals surface area contributed by atoms with E-state index in [4.69, 9.17) is 4.84 Å². The molecule has 2 atom stereocenters. The standard InChI is InChI=1S/C24H28N4O3/c1-27-12-14-28(15-13-27)24(30)21(16-18-8-4-2-5-9-18)25-23(29)22-17-20(26-31-22)19-10-6-3-7-11-19/h2-11,21-22H,12-17H2,1H3,(H,25,29)/t21-,22+/m1/s1. The van der Waals surface area contributed by atoms with Gasteiger partial charge in [-0.3, -0.25) is 9.59 Å². The molecule has 7 nitrogen and oxygen atoms in total. The van der Waals surface area contributed by atoms with Gasteiger partial charge < -0.3 is 20.0 Å². The number of carbonyl (C=O) groups is 2. The van der Waals surface area contributed by atoms with E-state index in [9.17, 15) is 9.59 Å². The van der Waals surface area contributed by atoms with Gasteiger partial charge in [-0.2, -0.15) is 0 Å². The predicted octanol–water partition coefficient (Wildman–Crippen LogP) is 1.68. The summed E-state index contributed by atoms with van der Waals surface area (Å²) in [6.07, 6.45) is 0.0989. The smallest absolute Gasteiger partial charge is 0.265 e. The minimum absolute atomic E-state index is 0.0486. The van der Waals surface area contributed by atoms with E-state index < -0.39 is 12.1 Å². The SMILES string of the molecule is CN1CCN(C(=O)[C@@H](Cc2ccccc2)NC(=O)[C@@H]2CC(c3ccccc3)=NO2)CC1. The zero-order valence-electron chi connectivity index (χ0n) is 17.7. The molecule has 2 aliphatic heterocycles. The Morgan fingerprint density at radius 2 is 1.68 bits per heavy atom. The lowest BCUT2D eigenvalue weighted by Crippen LogP contribution is -2.56. The average Bonchev–Trinajstić information content (AvgIpc) is 3.31. The number of amides is 2. The van der Waals surface area contributed by atoms with Gasteiger partial charge in [0.2, 0.25) is 12.0 Å². The number of nitrogens with zero attached hydrogens (tertiary/aromatic N) is 3. The van der Waals surface area contributed by atoms with Crippen LogP contribution >= 0.6 is 0 Å². The molecule has 4 rings (SSSR count). The minimum atomic E-state index is -0.728. The minimum Gasteiger partial charge on any atom is -0.382 e. The Hall–Kier alpha value is -3.19. The molecule has 2 aromatic rings. The maximum absolute atomic E-state index is 13.3. The molecule has 1 fully saturated rings. The quantitative estimate of drug-likeness (QED) is 0.772. The first-order valence-electron chi connectivity index (χ1n) is 10.7. The van der Waals surface area contributed by atoms with E-state index in [1.54, 1.807) is 0 Å². The number of nitrogens with one attached hydrogen (secondary N) is 1. The Balaban J connectivity index is 1.43. The van der Waals surface area contributed by atoms with Crippen LogP contribution in [0.1, 0.15) is 17.5 Å². The fourth-order valence-corrected chi connectivity index (χ4v) is 3.88. The molecule has 0 bridgehead atoms. The van der Waals surface area contributed by atoms with Crippen molar-refractivity contribution in [2.24, 2.45) is 5.16 Å². The van der Waals surface area contributed by atoms with Gasteiger partial charge in [0, 0.05) is 39.0 Å². The van der Waals surface area contributed by atoms with E-state index in [2.05, 4.69) is 15.4 Å². The van der Waals surface area contributed by atoms with Crippen molar-refractivity contribution in [1.82, 2.24) is 15.1 Å². The van der Waals surface area contributed by atoms with Gasteiger partial charge in [-0.1, -0.05) is 65.8 Å². The highest BCUT2D eigenvalue weighted by Crippen LogP contribution is 2.17. The van der Waals surface area contributed by atoms with Crippen molar-refractivity contribution in [3.05, 3.63) is 71.8 Å². The van der Waals surface area contributed by atoms with E-state index in [-0.39, 0.29) is 11.8 Å². The third kappa shape index (κ3) is 5.30. The molecule has 2 heterocycles. The van der Waals surface area contributed by atoms with Gasteiger partial charge >= 0.3 is 0 Å². The maximum Gasteiger partial charge on any atom is 0.265 e. The highest BCUT2D eigenvalue weighted by atomic mass is 16.6. The molecule has 0 aliphatic carbocycles. The molecular weight excluding hydrogens is 392 g/mol. The van der Waals surface area contributed by atoms with Crippen molar-refractivity contribution in [3.63, 3.8) is 0 Å². The van der Waals surface area contributed by atoms with Gasteiger partial charge in [0.1, 0.15) is 6.04 Å². The number of benzene rings is 2.